The molecule has 0 unspecified atom stereocenters. The molecule has 0 bridgehead atoms. The van der Waals surface area contributed by atoms with Crippen molar-refractivity contribution < 1.29 is 15.0 Å². The van der Waals surface area contributed by atoms with Gasteiger partial charge in [0.15, 0.2) is 11.5 Å². The second-order valence-corrected chi connectivity index (χ2v) is 7.04. The number of nitrogens with one attached hydrogen (secondary N) is 1. The Morgan fingerprint density at radius 1 is 0.719 bits per heavy atom. The number of fused-ring (bicyclic) bond motifs is 1. The van der Waals surface area contributed by atoms with Crippen molar-refractivity contribution in [1.29, 1.82) is 21.0 Å². The lowest BCUT2D eigenvalue weighted by molar-refractivity contribution is 0.0948. The van der Waals surface area contributed by atoms with Crippen molar-refractivity contribution in [3.8, 4) is 35.8 Å². The van der Waals surface area contributed by atoms with E-state index in [1.807, 2.05) is 24.3 Å². The first-order valence-corrected chi connectivity index (χ1v) is 9.18. The first-order valence-electron chi connectivity index (χ1n) is 9.18. The Morgan fingerprint density at radius 3 is 1.53 bits per heavy atom. The maximum atomic E-state index is 12.9. The van der Waals surface area contributed by atoms with E-state index in [1.54, 1.807) is 24.3 Å². The molecular formula is C24H11N5O3. The predicted octanol–water partition coefficient (Wildman–Crippen LogP) is 2.62. The summed E-state index contributed by atoms with van der Waals surface area (Å²) in [5, 5.41) is 61.2. The van der Waals surface area contributed by atoms with E-state index in [9.17, 15) is 36.1 Å². The zero-order valence-corrected chi connectivity index (χ0v) is 16.2. The monoisotopic (exact) mass is 417 g/mol. The van der Waals surface area contributed by atoms with Crippen LogP contribution in [0.15, 0.2) is 48.5 Å². The van der Waals surface area contributed by atoms with E-state index >= 15 is 0 Å². The van der Waals surface area contributed by atoms with Crippen LogP contribution in [0.5, 0.6) is 11.5 Å². The van der Waals surface area contributed by atoms with Gasteiger partial charge in [-0.25, -0.2) is 0 Å². The van der Waals surface area contributed by atoms with E-state index in [2.05, 4.69) is 5.32 Å². The minimum Gasteiger partial charge on any atom is -0.505 e. The summed E-state index contributed by atoms with van der Waals surface area (Å²) in [6, 6.07) is 19.3. The van der Waals surface area contributed by atoms with Crippen LogP contribution in [-0.4, -0.2) is 16.1 Å². The quantitative estimate of drug-likeness (QED) is 0.576. The molecule has 1 aliphatic heterocycles. The molecule has 1 heterocycles. The lowest BCUT2D eigenvalue weighted by Crippen LogP contribution is -2.42. The first kappa shape index (κ1) is 20.0. The van der Waals surface area contributed by atoms with Crippen molar-refractivity contribution >= 4 is 5.91 Å². The Bertz CT molecular complexity index is 1340. The number of aromatic hydroxyl groups is 2. The molecule has 3 N–H and O–H groups in total. The normalized spacial score (nSPS) is 13.1. The van der Waals surface area contributed by atoms with Gasteiger partial charge in [0.1, 0.15) is 29.8 Å². The van der Waals surface area contributed by atoms with Gasteiger partial charge >= 0.3 is 0 Å². The highest BCUT2D eigenvalue weighted by atomic mass is 16.3. The molecule has 0 saturated carbocycles. The SMILES string of the molecule is N#Cc1cc(C2(c3cc(C#N)c(O)c(C#N)c3)NC(=O)c3ccccc32)cc(C#N)c1O. The van der Waals surface area contributed by atoms with Gasteiger partial charge in [-0.15, -0.1) is 0 Å². The van der Waals surface area contributed by atoms with Gasteiger partial charge in [-0.1, -0.05) is 18.2 Å². The Kier molecular flexibility index (Phi) is 4.49. The second kappa shape index (κ2) is 7.18. The van der Waals surface area contributed by atoms with Crippen LogP contribution in [0.2, 0.25) is 0 Å². The van der Waals surface area contributed by atoms with E-state index in [1.165, 1.54) is 24.3 Å². The molecule has 32 heavy (non-hydrogen) atoms. The van der Waals surface area contributed by atoms with E-state index in [0.717, 1.165) is 0 Å². The summed E-state index contributed by atoms with van der Waals surface area (Å²) in [6.45, 7) is 0. The van der Waals surface area contributed by atoms with Crippen molar-refractivity contribution in [1.82, 2.24) is 5.32 Å². The molecule has 8 nitrogen and oxygen atoms in total. The number of nitrogens with zero attached hydrogens (tertiary/aromatic N) is 4. The minimum absolute atomic E-state index is 0.183. The fourth-order valence-electron chi connectivity index (χ4n) is 3.98. The molecule has 4 rings (SSSR count). The van der Waals surface area contributed by atoms with Gasteiger partial charge < -0.3 is 15.5 Å². The maximum Gasteiger partial charge on any atom is 0.252 e. The standard InChI is InChI=1S/C24H11N5O3/c25-9-13-5-17(6-14(10-26)21(13)30)24(20-4-2-1-3-19(20)23(32)29-24)18-7-15(11-27)22(31)16(8-18)12-28/h1-8,30-31H,(H,29,32). The number of phenolic OH excluding ortho intramolecular Hbond substituents is 2. The summed E-state index contributed by atoms with van der Waals surface area (Å²) < 4.78 is 0. The molecule has 1 amide bonds. The summed E-state index contributed by atoms with van der Waals surface area (Å²) in [7, 11) is 0. The molecule has 8 heteroatoms. The van der Waals surface area contributed by atoms with E-state index in [-0.39, 0.29) is 33.4 Å². The zero-order chi connectivity index (χ0) is 23.0. The lowest BCUT2D eigenvalue weighted by atomic mass is 9.76. The van der Waals surface area contributed by atoms with Crippen LogP contribution in [0.25, 0.3) is 0 Å². The second-order valence-electron chi connectivity index (χ2n) is 7.04. The third kappa shape index (κ3) is 2.62. The maximum absolute atomic E-state index is 12.9. The molecule has 0 fully saturated rings. The molecule has 150 valence electrons. The summed E-state index contributed by atoms with van der Waals surface area (Å²) in [5.74, 6) is -1.43. The van der Waals surface area contributed by atoms with Gasteiger partial charge in [0, 0.05) is 5.56 Å². The van der Waals surface area contributed by atoms with Gasteiger partial charge in [-0.05, 0) is 47.0 Å². The van der Waals surface area contributed by atoms with Gasteiger partial charge in [-0.3, -0.25) is 4.79 Å². The van der Waals surface area contributed by atoms with Crippen molar-refractivity contribution in [3.05, 3.63) is 93.0 Å². The fourth-order valence-corrected chi connectivity index (χ4v) is 3.98. The minimum atomic E-state index is -1.50. The number of carbonyl (C=O) groups is 1. The summed E-state index contributed by atoms with van der Waals surface area (Å²) in [6.07, 6.45) is 0. The smallest absolute Gasteiger partial charge is 0.252 e. The molecule has 0 radical (unpaired) electrons. The molecule has 0 aromatic heterocycles. The number of hydrogen-bond acceptors (Lipinski definition) is 7. The van der Waals surface area contributed by atoms with Gasteiger partial charge in [0.25, 0.3) is 5.91 Å². The molecular weight excluding hydrogens is 406 g/mol. The van der Waals surface area contributed by atoms with Crippen LogP contribution in [0.1, 0.15) is 49.3 Å². The largest absolute Gasteiger partial charge is 0.505 e. The summed E-state index contributed by atoms with van der Waals surface area (Å²) in [4.78, 5) is 12.9. The van der Waals surface area contributed by atoms with E-state index in [0.29, 0.717) is 11.1 Å². The van der Waals surface area contributed by atoms with Crippen LogP contribution >= 0.6 is 0 Å². The number of benzene rings is 3. The Balaban J connectivity index is 2.19. The van der Waals surface area contributed by atoms with Crippen LogP contribution in [-0.2, 0) is 5.54 Å². The highest BCUT2D eigenvalue weighted by Gasteiger charge is 2.46. The van der Waals surface area contributed by atoms with Gasteiger partial charge in [-0.2, -0.15) is 21.0 Å². The third-order valence-corrected chi connectivity index (χ3v) is 5.44. The first-order chi connectivity index (χ1) is 15.4. The Labute approximate surface area is 182 Å². The van der Waals surface area contributed by atoms with Crippen molar-refractivity contribution in [2.75, 3.05) is 0 Å². The average molecular weight is 417 g/mol. The lowest BCUT2D eigenvalue weighted by Gasteiger charge is -2.32. The molecule has 1 aliphatic rings. The Morgan fingerprint density at radius 2 is 1.12 bits per heavy atom. The summed E-state index contributed by atoms with van der Waals surface area (Å²) >= 11 is 0. The van der Waals surface area contributed by atoms with Crippen LogP contribution in [0.3, 0.4) is 0 Å². The number of nitriles is 4. The highest BCUT2D eigenvalue weighted by Crippen LogP contribution is 2.45. The predicted molar refractivity (Wildman–Crippen MR) is 109 cm³/mol. The molecule has 3 aromatic rings. The van der Waals surface area contributed by atoms with E-state index in [4.69, 9.17) is 0 Å². The van der Waals surface area contributed by atoms with Gasteiger partial charge in [0.05, 0.1) is 22.3 Å². The molecule has 0 atom stereocenters. The molecule has 3 aromatic carbocycles. The number of hydrogen-bond donors (Lipinski definition) is 3. The number of rotatable bonds is 2. The van der Waals surface area contributed by atoms with Gasteiger partial charge in [0.2, 0.25) is 0 Å². The van der Waals surface area contributed by atoms with Crippen molar-refractivity contribution in [2.45, 2.75) is 5.54 Å². The van der Waals surface area contributed by atoms with Crippen LogP contribution < -0.4 is 5.32 Å². The van der Waals surface area contributed by atoms with Crippen molar-refractivity contribution in [3.63, 3.8) is 0 Å². The number of carbonyl (C=O) groups excluding carboxylic acids is 1. The topological polar surface area (TPSA) is 165 Å². The van der Waals surface area contributed by atoms with Crippen molar-refractivity contribution in [2.24, 2.45) is 0 Å². The average Bonchev–Trinajstić information content (AvgIpc) is 3.13. The van der Waals surface area contributed by atoms with Crippen LogP contribution in [0, 0.1) is 45.3 Å². The highest BCUT2D eigenvalue weighted by molar-refractivity contribution is 6.01. The third-order valence-electron chi connectivity index (χ3n) is 5.44. The zero-order valence-electron chi connectivity index (χ0n) is 16.2. The van der Waals surface area contributed by atoms with E-state index < -0.39 is 22.9 Å². The van der Waals surface area contributed by atoms with Crippen LogP contribution in [0.4, 0.5) is 0 Å². The number of amides is 1. The molecule has 0 saturated heterocycles. The number of phenols is 2. The molecule has 0 aliphatic carbocycles. The Hall–Kier alpha value is -5.31. The summed E-state index contributed by atoms with van der Waals surface area (Å²) in [5.41, 5.74) is -0.920. The fraction of sp³-hybridized carbons (Fsp3) is 0.0417. The molecule has 0 spiro atoms.